The summed E-state index contributed by atoms with van der Waals surface area (Å²) in [6, 6.07) is 8.85. The SMILES string of the molecule is CC1=C(C(=O)C2C=CC=C2)C(c2ccccc2)NC(=O)N1. The fourth-order valence-electron chi connectivity index (χ4n) is 2.70. The third kappa shape index (κ3) is 2.52. The maximum Gasteiger partial charge on any atom is 0.319 e. The fraction of sp³-hybridized carbons (Fsp3) is 0.176. The lowest BCUT2D eigenvalue weighted by molar-refractivity contribution is -0.117. The van der Waals surface area contributed by atoms with Gasteiger partial charge >= 0.3 is 6.03 Å². The van der Waals surface area contributed by atoms with Crippen LogP contribution >= 0.6 is 0 Å². The summed E-state index contributed by atoms with van der Waals surface area (Å²) < 4.78 is 0. The van der Waals surface area contributed by atoms with Crippen LogP contribution in [0, 0.1) is 5.92 Å². The van der Waals surface area contributed by atoms with Crippen molar-refractivity contribution in [3.63, 3.8) is 0 Å². The quantitative estimate of drug-likeness (QED) is 0.894. The molecule has 0 saturated heterocycles. The van der Waals surface area contributed by atoms with Crippen LogP contribution in [0.5, 0.6) is 0 Å². The minimum absolute atomic E-state index is 0.0128. The highest BCUT2D eigenvalue weighted by Crippen LogP contribution is 2.30. The standard InChI is InChI=1S/C17H16N2O2/c1-11-14(16(20)13-9-5-6-10-13)15(19-17(21)18-11)12-7-3-2-4-8-12/h2-10,13,15H,1H3,(H2,18,19,21). The minimum atomic E-state index is -0.408. The Morgan fingerprint density at radius 1 is 1.10 bits per heavy atom. The van der Waals surface area contributed by atoms with E-state index in [1.54, 1.807) is 6.92 Å². The molecular formula is C17H16N2O2. The first kappa shape index (κ1) is 13.4. The Morgan fingerprint density at radius 2 is 1.76 bits per heavy atom. The smallest absolute Gasteiger partial charge is 0.319 e. The van der Waals surface area contributed by atoms with Crippen LogP contribution in [0.3, 0.4) is 0 Å². The average Bonchev–Trinajstić information content (AvgIpc) is 3.01. The molecule has 1 aliphatic carbocycles. The predicted octanol–water partition coefficient (Wildman–Crippen LogP) is 2.63. The molecule has 2 amide bonds. The molecule has 106 valence electrons. The van der Waals surface area contributed by atoms with E-state index in [4.69, 9.17) is 0 Å². The van der Waals surface area contributed by atoms with E-state index < -0.39 is 6.04 Å². The van der Waals surface area contributed by atoms with Gasteiger partial charge in [0.25, 0.3) is 0 Å². The van der Waals surface area contributed by atoms with Gasteiger partial charge in [-0.2, -0.15) is 0 Å². The zero-order valence-electron chi connectivity index (χ0n) is 11.7. The molecule has 1 atom stereocenters. The van der Waals surface area contributed by atoms with Crippen LogP contribution in [0.2, 0.25) is 0 Å². The number of carbonyl (C=O) groups is 2. The molecule has 0 aromatic heterocycles. The Kier molecular flexibility index (Phi) is 3.44. The Balaban J connectivity index is 2.02. The highest BCUT2D eigenvalue weighted by Gasteiger charge is 2.33. The van der Waals surface area contributed by atoms with Gasteiger partial charge in [-0.3, -0.25) is 4.79 Å². The predicted molar refractivity (Wildman–Crippen MR) is 80.3 cm³/mol. The highest BCUT2D eigenvalue weighted by molar-refractivity contribution is 6.03. The van der Waals surface area contributed by atoms with E-state index in [2.05, 4.69) is 10.6 Å². The molecule has 1 aromatic rings. The number of ketones is 1. The van der Waals surface area contributed by atoms with Crippen molar-refractivity contribution in [2.24, 2.45) is 5.92 Å². The molecule has 1 aromatic carbocycles. The first-order chi connectivity index (χ1) is 10.2. The van der Waals surface area contributed by atoms with E-state index in [1.807, 2.05) is 54.6 Å². The number of allylic oxidation sites excluding steroid dienone is 5. The molecule has 4 nitrogen and oxygen atoms in total. The zero-order valence-corrected chi connectivity index (χ0v) is 11.7. The van der Waals surface area contributed by atoms with E-state index in [-0.39, 0.29) is 17.7 Å². The third-order valence-electron chi connectivity index (χ3n) is 3.72. The molecule has 4 heteroatoms. The van der Waals surface area contributed by atoms with Crippen LogP contribution in [-0.2, 0) is 4.79 Å². The van der Waals surface area contributed by atoms with E-state index in [0.717, 1.165) is 5.56 Å². The second-order valence-corrected chi connectivity index (χ2v) is 5.14. The molecular weight excluding hydrogens is 264 g/mol. The number of benzene rings is 1. The van der Waals surface area contributed by atoms with Gasteiger partial charge < -0.3 is 10.6 Å². The van der Waals surface area contributed by atoms with Crippen molar-refractivity contribution in [3.05, 3.63) is 71.5 Å². The van der Waals surface area contributed by atoms with E-state index >= 15 is 0 Å². The highest BCUT2D eigenvalue weighted by atomic mass is 16.2. The van der Waals surface area contributed by atoms with Crippen LogP contribution in [0.15, 0.2) is 65.9 Å². The summed E-state index contributed by atoms with van der Waals surface area (Å²) in [5, 5.41) is 5.53. The summed E-state index contributed by atoms with van der Waals surface area (Å²) in [6.07, 6.45) is 7.46. The first-order valence-electron chi connectivity index (χ1n) is 6.89. The largest absolute Gasteiger partial charge is 0.327 e. The Bertz CT molecular complexity index is 659. The summed E-state index contributed by atoms with van der Waals surface area (Å²) in [5.41, 5.74) is 2.13. The number of amides is 2. The van der Waals surface area contributed by atoms with Gasteiger partial charge in [-0.25, -0.2) is 4.79 Å². The molecule has 0 radical (unpaired) electrons. The summed E-state index contributed by atoms with van der Waals surface area (Å²) >= 11 is 0. The number of Topliss-reactive ketones (excluding diaryl/α,β-unsaturated/α-hetero) is 1. The van der Waals surface area contributed by atoms with Crippen LogP contribution in [-0.4, -0.2) is 11.8 Å². The molecule has 0 fully saturated rings. The van der Waals surface area contributed by atoms with Crippen LogP contribution in [0.25, 0.3) is 0 Å². The van der Waals surface area contributed by atoms with Crippen LogP contribution in [0.1, 0.15) is 18.5 Å². The van der Waals surface area contributed by atoms with Crippen LogP contribution < -0.4 is 10.6 Å². The van der Waals surface area contributed by atoms with Gasteiger partial charge in [0.1, 0.15) is 0 Å². The Morgan fingerprint density at radius 3 is 2.43 bits per heavy atom. The van der Waals surface area contributed by atoms with E-state index in [1.165, 1.54) is 0 Å². The molecule has 0 bridgehead atoms. The number of carbonyl (C=O) groups excluding carboxylic acids is 2. The molecule has 1 heterocycles. The number of urea groups is 1. The zero-order chi connectivity index (χ0) is 14.8. The van der Waals surface area contributed by atoms with E-state index in [0.29, 0.717) is 11.3 Å². The number of nitrogens with one attached hydrogen (secondary N) is 2. The van der Waals surface area contributed by atoms with E-state index in [9.17, 15) is 9.59 Å². The average molecular weight is 280 g/mol. The molecule has 0 spiro atoms. The van der Waals surface area contributed by atoms with Gasteiger partial charge in [-0.1, -0.05) is 54.6 Å². The normalized spacial score (nSPS) is 21.4. The minimum Gasteiger partial charge on any atom is -0.327 e. The van der Waals surface area contributed by atoms with Crippen molar-refractivity contribution in [3.8, 4) is 0 Å². The second kappa shape index (κ2) is 5.40. The van der Waals surface area contributed by atoms with Crippen LogP contribution in [0.4, 0.5) is 4.79 Å². The molecule has 21 heavy (non-hydrogen) atoms. The van der Waals surface area contributed by atoms with Crippen molar-refractivity contribution in [1.29, 1.82) is 0 Å². The van der Waals surface area contributed by atoms with Crippen molar-refractivity contribution in [1.82, 2.24) is 10.6 Å². The molecule has 1 unspecified atom stereocenters. The Labute approximate surface area is 123 Å². The van der Waals surface area contributed by atoms with Gasteiger partial charge in [0.15, 0.2) is 5.78 Å². The first-order valence-corrected chi connectivity index (χ1v) is 6.89. The lowest BCUT2D eigenvalue weighted by Crippen LogP contribution is -2.45. The summed E-state index contributed by atoms with van der Waals surface area (Å²) in [6.45, 7) is 1.77. The third-order valence-corrected chi connectivity index (χ3v) is 3.72. The van der Waals surface area contributed by atoms with Gasteiger partial charge in [0.2, 0.25) is 0 Å². The molecule has 2 aliphatic rings. The molecule has 3 rings (SSSR count). The van der Waals surface area contributed by atoms with Gasteiger partial charge in [-0.15, -0.1) is 0 Å². The lowest BCUT2D eigenvalue weighted by atomic mass is 9.87. The molecule has 2 N–H and O–H groups in total. The fourth-order valence-corrected chi connectivity index (χ4v) is 2.70. The summed E-state index contributed by atoms with van der Waals surface area (Å²) in [4.78, 5) is 24.5. The summed E-state index contributed by atoms with van der Waals surface area (Å²) in [5.74, 6) is -0.239. The number of hydrogen-bond acceptors (Lipinski definition) is 2. The van der Waals surface area contributed by atoms with Crippen molar-refractivity contribution >= 4 is 11.8 Å². The van der Waals surface area contributed by atoms with Crippen molar-refractivity contribution < 1.29 is 9.59 Å². The maximum atomic E-state index is 12.7. The maximum absolute atomic E-state index is 12.7. The number of hydrogen-bond donors (Lipinski definition) is 2. The monoisotopic (exact) mass is 280 g/mol. The second-order valence-electron chi connectivity index (χ2n) is 5.14. The molecule has 0 saturated carbocycles. The van der Waals surface area contributed by atoms with Gasteiger partial charge in [0.05, 0.1) is 12.0 Å². The lowest BCUT2D eigenvalue weighted by Gasteiger charge is -2.29. The topological polar surface area (TPSA) is 58.2 Å². The van der Waals surface area contributed by atoms with Crippen molar-refractivity contribution in [2.75, 3.05) is 0 Å². The molecule has 1 aliphatic heterocycles. The van der Waals surface area contributed by atoms with Crippen molar-refractivity contribution in [2.45, 2.75) is 13.0 Å². The van der Waals surface area contributed by atoms with Gasteiger partial charge in [0, 0.05) is 11.3 Å². The summed E-state index contributed by atoms with van der Waals surface area (Å²) in [7, 11) is 0. The Hall–Kier alpha value is -2.62. The van der Waals surface area contributed by atoms with Gasteiger partial charge in [-0.05, 0) is 12.5 Å². The number of rotatable bonds is 3.